The zero-order valence-electron chi connectivity index (χ0n) is 11.2. The molecule has 0 aliphatic heterocycles. The molecule has 19 heavy (non-hydrogen) atoms. The first kappa shape index (κ1) is 13.6. The maximum atomic E-state index is 11.5. The first-order valence-corrected chi connectivity index (χ1v) is 6.76. The van der Waals surface area contributed by atoms with Crippen molar-refractivity contribution in [3.8, 4) is 0 Å². The van der Waals surface area contributed by atoms with Gasteiger partial charge in [0, 0.05) is 24.9 Å². The Morgan fingerprint density at radius 1 is 1.37 bits per heavy atom. The number of carbonyl (C=O) groups excluding carboxylic acids is 1. The van der Waals surface area contributed by atoms with Gasteiger partial charge in [-0.2, -0.15) is 0 Å². The summed E-state index contributed by atoms with van der Waals surface area (Å²) in [7, 11) is 1.59. The lowest BCUT2D eigenvalue weighted by Gasteiger charge is -2.24. The Hall–Kier alpha value is -1.78. The van der Waals surface area contributed by atoms with Crippen molar-refractivity contribution < 1.29 is 14.7 Å². The molecule has 0 aromatic carbocycles. The maximum Gasteiger partial charge on any atom is 0.337 e. The summed E-state index contributed by atoms with van der Waals surface area (Å²) in [5.74, 6) is -0.750. The van der Waals surface area contributed by atoms with Crippen molar-refractivity contribution in [3.63, 3.8) is 0 Å². The van der Waals surface area contributed by atoms with Crippen molar-refractivity contribution in [2.24, 2.45) is 0 Å². The normalized spacial score (nSPS) is 16.3. The Labute approximate surface area is 112 Å². The molecule has 1 aliphatic rings. The van der Waals surface area contributed by atoms with Gasteiger partial charge in [0.15, 0.2) is 0 Å². The van der Waals surface area contributed by atoms with E-state index in [1.54, 1.807) is 23.9 Å². The molecule has 1 amide bonds. The van der Waals surface area contributed by atoms with Crippen LogP contribution in [0.25, 0.3) is 0 Å². The fourth-order valence-corrected chi connectivity index (χ4v) is 2.87. The summed E-state index contributed by atoms with van der Waals surface area (Å²) in [5, 5.41) is 11.9. The van der Waals surface area contributed by atoms with E-state index >= 15 is 0 Å². The summed E-state index contributed by atoms with van der Waals surface area (Å²) in [6.45, 7) is 0.190. The molecule has 1 fully saturated rings. The van der Waals surface area contributed by atoms with Crippen LogP contribution in [0.1, 0.15) is 54.1 Å². The fourth-order valence-electron chi connectivity index (χ4n) is 2.87. The molecule has 1 aromatic heterocycles. The molecular formula is C14H20N2O3. The second-order valence-electron chi connectivity index (χ2n) is 5.06. The number of amides is 1. The van der Waals surface area contributed by atoms with Crippen molar-refractivity contribution in [3.05, 3.63) is 23.5 Å². The van der Waals surface area contributed by atoms with Gasteiger partial charge in [0.1, 0.15) is 6.54 Å². The van der Waals surface area contributed by atoms with E-state index < -0.39 is 5.97 Å². The van der Waals surface area contributed by atoms with Crippen molar-refractivity contribution in [1.82, 2.24) is 9.88 Å². The molecule has 1 heterocycles. The van der Waals surface area contributed by atoms with Crippen LogP contribution in [0, 0.1) is 0 Å². The van der Waals surface area contributed by atoms with Gasteiger partial charge in [-0.05, 0) is 18.9 Å². The molecule has 0 atom stereocenters. The number of carboxylic acid groups (broad SMARTS) is 1. The van der Waals surface area contributed by atoms with E-state index in [0.717, 1.165) is 31.4 Å². The molecule has 2 N–H and O–H groups in total. The molecule has 0 bridgehead atoms. The highest BCUT2D eigenvalue weighted by molar-refractivity contribution is 5.89. The average molecular weight is 264 g/mol. The predicted octanol–water partition coefficient (Wildman–Crippen LogP) is 1.98. The molecule has 1 saturated carbocycles. The number of aromatic carboxylic acids is 1. The van der Waals surface area contributed by atoms with Crippen molar-refractivity contribution in [2.75, 3.05) is 7.05 Å². The summed E-state index contributed by atoms with van der Waals surface area (Å²) >= 11 is 0. The summed E-state index contributed by atoms with van der Waals surface area (Å²) in [5.41, 5.74) is 1.16. The molecule has 0 radical (unpaired) electrons. The van der Waals surface area contributed by atoms with Gasteiger partial charge in [-0.3, -0.25) is 4.79 Å². The maximum absolute atomic E-state index is 11.5. The van der Waals surface area contributed by atoms with Crippen molar-refractivity contribution >= 4 is 11.9 Å². The molecule has 104 valence electrons. The Bertz CT molecular complexity index is 473. The third-order valence-electron chi connectivity index (χ3n) is 3.82. The lowest BCUT2D eigenvalue weighted by molar-refractivity contribution is -0.121. The molecule has 0 saturated heterocycles. The minimum absolute atomic E-state index is 0.107. The number of hydrogen-bond donors (Lipinski definition) is 2. The number of carbonyl (C=O) groups is 2. The van der Waals surface area contributed by atoms with E-state index in [9.17, 15) is 14.7 Å². The number of nitrogens with one attached hydrogen (secondary N) is 1. The van der Waals surface area contributed by atoms with E-state index in [4.69, 9.17) is 0 Å². The van der Waals surface area contributed by atoms with Gasteiger partial charge in [-0.25, -0.2) is 4.79 Å². The Kier molecular flexibility index (Phi) is 4.24. The molecular weight excluding hydrogens is 244 g/mol. The zero-order valence-corrected chi connectivity index (χ0v) is 11.2. The Balaban J connectivity index is 2.32. The first-order chi connectivity index (χ1) is 9.13. The highest BCUT2D eigenvalue weighted by atomic mass is 16.4. The minimum atomic E-state index is -0.906. The Morgan fingerprint density at radius 3 is 2.63 bits per heavy atom. The molecule has 0 unspecified atom stereocenters. The largest absolute Gasteiger partial charge is 0.478 e. The highest BCUT2D eigenvalue weighted by Crippen LogP contribution is 2.35. The lowest BCUT2D eigenvalue weighted by Crippen LogP contribution is -2.25. The van der Waals surface area contributed by atoms with Crippen LogP contribution in [0.3, 0.4) is 0 Å². The number of carboxylic acids is 1. The smallest absolute Gasteiger partial charge is 0.337 e. The van der Waals surface area contributed by atoms with Crippen LogP contribution in [-0.4, -0.2) is 28.6 Å². The molecule has 2 rings (SSSR count). The van der Waals surface area contributed by atoms with Gasteiger partial charge < -0.3 is 15.0 Å². The fraction of sp³-hybridized carbons (Fsp3) is 0.571. The molecule has 1 aliphatic carbocycles. The van der Waals surface area contributed by atoms with Gasteiger partial charge in [0.2, 0.25) is 5.91 Å². The zero-order chi connectivity index (χ0) is 13.8. The van der Waals surface area contributed by atoms with Gasteiger partial charge in [-0.15, -0.1) is 0 Å². The van der Waals surface area contributed by atoms with Crippen LogP contribution in [0.2, 0.25) is 0 Å². The average Bonchev–Trinajstić information content (AvgIpc) is 2.83. The summed E-state index contributed by atoms with van der Waals surface area (Å²) in [6.07, 6.45) is 7.22. The topological polar surface area (TPSA) is 71.3 Å². The van der Waals surface area contributed by atoms with Gasteiger partial charge in [-0.1, -0.05) is 19.3 Å². The number of nitrogens with zero attached hydrogens (tertiary/aromatic N) is 1. The quantitative estimate of drug-likeness (QED) is 0.873. The number of hydrogen-bond acceptors (Lipinski definition) is 2. The van der Waals surface area contributed by atoms with E-state index in [2.05, 4.69) is 5.32 Å². The van der Waals surface area contributed by atoms with Crippen LogP contribution in [0.5, 0.6) is 0 Å². The number of rotatable bonds is 4. The molecule has 0 spiro atoms. The third-order valence-corrected chi connectivity index (χ3v) is 3.82. The minimum Gasteiger partial charge on any atom is -0.478 e. The van der Waals surface area contributed by atoms with E-state index in [1.807, 2.05) is 0 Å². The first-order valence-electron chi connectivity index (χ1n) is 6.76. The van der Waals surface area contributed by atoms with Gasteiger partial charge >= 0.3 is 5.97 Å². The van der Waals surface area contributed by atoms with E-state index in [-0.39, 0.29) is 18.4 Å². The van der Waals surface area contributed by atoms with E-state index in [1.165, 1.54) is 6.42 Å². The molecule has 1 aromatic rings. The van der Waals surface area contributed by atoms with Crippen LogP contribution < -0.4 is 5.32 Å². The Morgan fingerprint density at radius 2 is 2.05 bits per heavy atom. The van der Waals surface area contributed by atoms with Crippen LogP contribution in [0.15, 0.2) is 12.3 Å². The van der Waals surface area contributed by atoms with Crippen molar-refractivity contribution in [2.45, 2.75) is 44.6 Å². The second kappa shape index (κ2) is 5.91. The lowest BCUT2D eigenvalue weighted by atomic mass is 9.85. The van der Waals surface area contributed by atoms with Gasteiger partial charge in [0.25, 0.3) is 0 Å². The van der Waals surface area contributed by atoms with E-state index in [0.29, 0.717) is 5.56 Å². The van der Waals surface area contributed by atoms with Crippen LogP contribution in [0.4, 0.5) is 0 Å². The standard InChI is InChI=1S/C14H20N2O3/c1-15-12(17)9-16-8-7-11(14(18)19)13(16)10-5-3-2-4-6-10/h7-8,10H,2-6,9H2,1H3,(H,15,17)(H,18,19). The van der Waals surface area contributed by atoms with Crippen molar-refractivity contribution in [1.29, 1.82) is 0 Å². The summed E-state index contributed by atoms with van der Waals surface area (Å²) in [6, 6.07) is 1.61. The highest BCUT2D eigenvalue weighted by Gasteiger charge is 2.25. The summed E-state index contributed by atoms with van der Waals surface area (Å²) in [4.78, 5) is 22.8. The van der Waals surface area contributed by atoms with Gasteiger partial charge in [0.05, 0.1) is 5.56 Å². The van der Waals surface area contributed by atoms with Crippen LogP contribution in [-0.2, 0) is 11.3 Å². The number of likely N-dealkylation sites (N-methyl/N-ethyl adjacent to an activating group) is 1. The third kappa shape index (κ3) is 2.97. The SMILES string of the molecule is CNC(=O)Cn1ccc(C(=O)O)c1C1CCCCC1. The predicted molar refractivity (Wildman–Crippen MR) is 71.3 cm³/mol. The molecule has 5 heteroatoms. The monoisotopic (exact) mass is 264 g/mol. The second-order valence-corrected chi connectivity index (χ2v) is 5.06. The van der Waals surface area contributed by atoms with Crippen LogP contribution >= 0.6 is 0 Å². The molecule has 5 nitrogen and oxygen atoms in total. The summed E-state index contributed by atoms with van der Waals surface area (Å²) < 4.78 is 1.79. The number of aromatic nitrogens is 1.